The lowest BCUT2D eigenvalue weighted by molar-refractivity contribution is 0.108. The Morgan fingerprint density at radius 1 is 1.19 bits per heavy atom. The number of rotatable bonds is 2. The van der Waals surface area contributed by atoms with E-state index < -0.39 is 0 Å². The maximum Gasteiger partial charge on any atom is 0.227 e. The minimum absolute atomic E-state index is 0.0977. The zero-order valence-electron chi connectivity index (χ0n) is 8.21. The number of thioether (sulfide) groups is 1. The van der Waals surface area contributed by atoms with Crippen LogP contribution in [0.25, 0.3) is 0 Å². The van der Waals surface area contributed by atoms with Crippen LogP contribution >= 0.6 is 11.8 Å². The maximum atomic E-state index is 11.7. The molecule has 0 aliphatic heterocycles. The zero-order valence-corrected chi connectivity index (χ0v) is 9.03. The smallest absolute Gasteiger partial charge is 0.227 e. The molecule has 0 aliphatic carbocycles. The average molecular weight is 229 g/mol. The highest BCUT2D eigenvalue weighted by Gasteiger charge is 2.10. The molecule has 0 bridgehead atoms. The molecule has 0 amide bonds. The number of furan rings is 1. The van der Waals surface area contributed by atoms with Gasteiger partial charge in [0, 0.05) is 5.56 Å². The fraction of sp³-hybridized carbons (Fsp3) is 0. The van der Waals surface area contributed by atoms with E-state index in [1.165, 1.54) is 0 Å². The Bertz CT molecular complexity index is 540. The van der Waals surface area contributed by atoms with Gasteiger partial charge in [-0.1, -0.05) is 30.3 Å². The molecule has 0 N–H and O–H groups in total. The van der Waals surface area contributed by atoms with Gasteiger partial charge in [0.25, 0.3) is 0 Å². The quantitative estimate of drug-likeness (QED) is 0.742. The molecule has 1 heterocycles. The Morgan fingerprint density at radius 2 is 1.94 bits per heavy atom. The first kappa shape index (κ1) is 10.5. The van der Waals surface area contributed by atoms with Crippen molar-refractivity contribution in [3.05, 3.63) is 53.8 Å². The summed E-state index contributed by atoms with van der Waals surface area (Å²) in [5.74, 6) is 0.211. The summed E-state index contributed by atoms with van der Waals surface area (Å²) in [5, 5.41) is 8.90. The van der Waals surface area contributed by atoms with E-state index in [0.29, 0.717) is 10.7 Å². The summed E-state index contributed by atoms with van der Waals surface area (Å²) < 4.78 is 5.11. The molecular weight excluding hydrogens is 222 g/mol. The van der Waals surface area contributed by atoms with Crippen molar-refractivity contribution in [1.29, 1.82) is 5.26 Å². The molecule has 0 fully saturated rings. The van der Waals surface area contributed by atoms with E-state index >= 15 is 0 Å². The van der Waals surface area contributed by atoms with Crippen LogP contribution in [-0.4, -0.2) is 5.12 Å². The van der Waals surface area contributed by atoms with Crippen LogP contribution in [0.2, 0.25) is 0 Å². The van der Waals surface area contributed by atoms with Gasteiger partial charge in [-0.15, -0.1) is 0 Å². The Kier molecular flexibility index (Phi) is 3.08. The standard InChI is InChI=1S/C12H7NO2S/c13-8-10-6-7-11(15-10)16-12(14)9-4-2-1-3-5-9/h1-7H. The van der Waals surface area contributed by atoms with Crippen molar-refractivity contribution in [2.45, 2.75) is 5.09 Å². The molecule has 0 unspecified atom stereocenters. The fourth-order valence-electron chi connectivity index (χ4n) is 1.16. The van der Waals surface area contributed by atoms with Crippen molar-refractivity contribution in [2.75, 3.05) is 0 Å². The molecule has 2 rings (SSSR count). The lowest BCUT2D eigenvalue weighted by Gasteiger charge is -1.96. The molecule has 2 aromatic rings. The van der Waals surface area contributed by atoms with Crippen molar-refractivity contribution in [1.82, 2.24) is 0 Å². The predicted octanol–water partition coefficient (Wildman–Crippen LogP) is 3.08. The monoisotopic (exact) mass is 229 g/mol. The van der Waals surface area contributed by atoms with E-state index in [-0.39, 0.29) is 10.9 Å². The van der Waals surface area contributed by atoms with Gasteiger partial charge in [0.05, 0.1) is 0 Å². The highest BCUT2D eigenvalue weighted by molar-refractivity contribution is 8.14. The van der Waals surface area contributed by atoms with Crippen molar-refractivity contribution < 1.29 is 9.21 Å². The van der Waals surface area contributed by atoms with E-state index in [2.05, 4.69) is 0 Å². The molecule has 4 heteroatoms. The van der Waals surface area contributed by atoms with Gasteiger partial charge in [0.2, 0.25) is 10.9 Å². The van der Waals surface area contributed by atoms with Gasteiger partial charge < -0.3 is 4.42 Å². The third-order valence-corrected chi connectivity index (χ3v) is 2.74. The molecular formula is C12H7NO2S. The van der Waals surface area contributed by atoms with E-state index in [1.54, 1.807) is 36.4 Å². The highest BCUT2D eigenvalue weighted by atomic mass is 32.2. The second kappa shape index (κ2) is 4.69. The third-order valence-electron chi connectivity index (χ3n) is 1.89. The second-order valence-corrected chi connectivity index (χ2v) is 3.96. The van der Waals surface area contributed by atoms with Crippen LogP contribution in [0, 0.1) is 11.3 Å². The molecule has 78 valence electrons. The van der Waals surface area contributed by atoms with E-state index in [9.17, 15) is 4.79 Å². The first-order valence-electron chi connectivity index (χ1n) is 4.57. The van der Waals surface area contributed by atoms with Crippen molar-refractivity contribution in [3.63, 3.8) is 0 Å². The van der Waals surface area contributed by atoms with Crippen LogP contribution < -0.4 is 0 Å². The zero-order chi connectivity index (χ0) is 11.4. The summed E-state index contributed by atoms with van der Waals surface area (Å²) in [6.07, 6.45) is 0. The average Bonchev–Trinajstić information content (AvgIpc) is 2.78. The number of carbonyl (C=O) groups is 1. The lowest BCUT2D eigenvalue weighted by atomic mass is 10.2. The fourth-order valence-corrected chi connectivity index (χ4v) is 1.86. The first-order valence-corrected chi connectivity index (χ1v) is 5.38. The van der Waals surface area contributed by atoms with Crippen molar-refractivity contribution in [3.8, 4) is 6.07 Å². The summed E-state index contributed by atoms with van der Waals surface area (Å²) in [5.41, 5.74) is 0.613. The minimum Gasteiger partial charge on any atom is -0.439 e. The summed E-state index contributed by atoms with van der Waals surface area (Å²) in [6.45, 7) is 0. The van der Waals surface area contributed by atoms with Gasteiger partial charge in [-0.25, -0.2) is 0 Å². The summed E-state index contributed by atoms with van der Waals surface area (Å²) in [6, 6.07) is 14.0. The van der Waals surface area contributed by atoms with Gasteiger partial charge in [0.15, 0.2) is 5.09 Å². The van der Waals surface area contributed by atoms with Crippen LogP contribution in [0.1, 0.15) is 16.1 Å². The van der Waals surface area contributed by atoms with Gasteiger partial charge in [-0.05, 0) is 23.9 Å². The van der Waals surface area contributed by atoms with Crippen LogP contribution in [-0.2, 0) is 0 Å². The van der Waals surface area contributed by atoms with Gasteiger partial charge in [-0.2, -0.15) is 5.26 Å². The molecule has 3 nitrogen and oxygen atoms in total. The normalized spacial score (nSPS) is 9.69. The number of nitrogens with zero attached hydrogens (tertiary/aromatic N) is 1. The first-order chi connectivity index (χ1) is 7.79. The predicted molar refractivity (Wildman–Crippen MR) is 60.1 cm³/mol. The van der Waals surface area contributed by atoms with Crippen LogP contribution in [0.3, 0.4) is 0 Å². The minimum atomic E-state index is -0.0977. The molecule has 1 aromatic heterocycles. The Labute approximate surface area is 96.7 Å². The molecule has 0 aliphatic rings. The SMILES string of the molecule is N#Cc1ccc(SC(=O)c2ccccc2)o1. The highest BCUT2D eigenvalue weighted by Crippen LogP contribution is 2.24. The van der Waals surface area contributed by atoms with Crippen molar-refractivity contribution >= 4 is 16.9 Å². The summed E-state index contributed by atoms with van der Waals surface area (Å²) >= 11 is 0.976. The molecule has 0 saturated carbocycles. The van der Waals surface area contributed by atoms with Crippen LogP contribution in [0.4, 0.5) is 0 Å². The Hall–Kier alpha value is -1.99. The van der Waals surface area contributed by atoms with Gasteiger partial charge >= 0.3 is 0 Å². The second-order valence-electron chi connectivity index (χ2n) is 2.99. The van der Waals surface area contributed by atoms with Crippen LogP contribution in [0.5, 0.6) is 0 Å². The molecule has 1 aromatic carbocycles. The van der Waals surface area contributed by atoms with E-state index in [0.717, 1.165) is 11.8 Å². The number of nitriles is 1. The molecule has 0 saturated heterocycles. The summed E-state index contributed by atoms with van der Waals surface area (Å²) in [4.78, 5) is 11.7. The van der Waals surface area contributed by atoms with E-state index in [1.807, 2.05) is 12.1 Å². The maximum absolute atomic E-state index is 11.7. The summed E-state index contributed by atoms with van der Waals surface area (Å²) in [7, 11) is 0. The number of benzene rings is 1. The Morgan fingerprint density at radius 3 is 2.56 bits per heavy atom. The third kappa shape index (κ3) is 2.33. The largest absolute Gasteiger partial charge is 0.439 e. The number of hydrogen-bond acceptors (Lipinski definition) is 4. The molecule has 16 heavy (non-hydrogen) atoms. The lowest BCUT2D eigenvalue weighted by Crippen LogP contribution is -1.91. The molecule has 0 spiro atoms. The van der Waals surface area contributed by atoms with E-state index in [4.69, 9.17) is 9.68 Å². The topological polar surface area (TPSA) is 54.0 Å². The molecule has 0 atom stereocenters. The van der Waals surface area contributed by atoms with Gasteiger partial charge in [-0.3, -0.25) is 4.79 Å². The number of hydrogen-bond donors (Lipinski definition) is 0. The van der Waals surface area contributed by atoms with Crippen molar-refractivity contribution in [2.24, 2.45) is 0 Å². The Balaban J connectivity index is 2.11. The van der Waals surface area contributed by atoms with Gasteiger partial charge in [0.1, 0.15) is 6.07 Å². The molecule has 0 radical (unpaired) electrons. The van der Waals surface area contributed by atoms with Crippen LogP contribution in [0.15, 0.2) is 52.0 Å². The number of carbonyl (C=O) groups excluding carboxylic acids is 1.